The number of carbonyl (C=O) groups excluding carboxylic acids is 2. The van der Waals surface area contributed by atoms with E-state index in [-0.39, 0.29) is 17.5 Å². The van der Waals surface area contributed by atoms with E-state index in [0.717, 1.165) is 22.3 Å². The molecule has 0 heterocycles. The number of aliphatic hydroxyl groups excluding tert-OH is 1. The monoisotopic (exact) mass is 593 g/mol. The first-order valence-electron chi connectivity index (χ1n) is 14.9. The summed E-state index contributed by atoms with van der Waals surface area (Å²) >= 11 is 0. The molecule has 230 valence electrons. The lowest BCUT2D eigenvalue weighted by Crippen LogP contribution is -2.52. The van der Waals surface area contributed by atoms with Crippen LogP contribution in [0, 0.1) is 6.92 Å². The van der Waals surface area contributed by atoms with Crippen molar-refractivity contribution in [2.45, 2.75) is 51.4 Å². The molecule has 0 aromatic heterocycles. The van der Waals surface area contributed by atoms with Gasteiger partial charge in [0.15, 0.2) is 0 Å². The highest BCUT2D eigenvalue weighted by Crippen LogP contribution is 2.31. The van der Waals surface area contributed by atoms with E-state index in [1.807, 2.05) is 93.7 Å². The van der Waals surface area contributed by atoms with Gasteiger partial charge in [-0.1, -0.05) is 72.8 Å². The molecule has 0 radical (unpaired) electrons. The summed E-state index contributed by atoms with van der Waals surface area (Å²) in [6, 6.07) is 31.6. The van der Waals surface area contributed by atoms with Gasteiger partial charge in [0.25, 0.3) is 5.91 Å². The van der Waals surface area contributed by atoms with Crippen LogP contribution in [0.1, 0.15) is 68.9 Å². The van der Waals surface area contributed by atoms with Crippen molar-refractivity contribution in [1.29, 1.82) is 0 Å². The van der Waals surface area contributed by atoms with Crippen LogP contribution in [0.15, 0.2) is 103 Å². The summed E-state index contributed by atoms with van der Waals surface area (Å²) in [5.41, 5.74) is 10.0. The Balaban J connectivity index is 1.79. The third-order valence-corrected chi connectivity index (χ3v) is 8.37. The lowest BCUT2D eigenvalue weighted by atomic mass is 9.93. The number of aliphatic hydroxyl groups is 1. The Kier molecular flexibility index (Phi) is 10.9. The number of likely N-dealkylation sites (N-methyl/N-ethyl adjacent to an activating group) is 1. The topological polar surface area (TPSA) is 96.1 Å². The van der Waals surface area contributed by atoms with Gasteiger partial charge in [-0.3, -0.25) is 14.5 Å². The molecule has 4 aromatic carbocycles. The van der Waals surface area contributed by atoms with Crippen LogP contribution >= 0.6 is 0 Å². The molecule has 0 spiro atoms. The van der Waals surface area contributed by atoms with Gasteiger partial charge < -0.3 is 20.5 Å². The summed E-state index contributed by atoms with van der Waals surface area (Å²) in [7, 11) is 3.60. The fraction of sp³-hybridized carbons (Fsp3) is 0.297. The van der Waals surface area contributed by atoms with E-state index >= 15 is 0 Å². The molecule has 4 atom stereocenters. The third-order valence-electron chi connectivity index (χ3n) is 8.37. The number of hydrogen-bond donors (Lipinski definition) is 2. The summed E-state index contributed by atoms with van der Waals surface area (Å²) in [4.78, 5) is 30.6. The highest BCUT2D eigenvalue weighted by Gasteiger charge is 2.36. The highest BCUT2D eigenvalue weighted by molar-refractivity contribution is 5.99. The van der Waals surface area contributed by atoms with E-state index in [0.29, 0.717) is 24.3 Å². The predicted molar refractivity (Wildman–Crippen MR) is 175 cm³/mol. The molecule has 0 saturated heterocycles. The van der Waals surface area contributed by atoms with Crippen LogP contribution in [0.3, 0.4) is 0 Å². The largest absolute Gasteiger partial charge is 0.497 e. The molecule has 0 aliphatic rings. The molecule has 44 heavy (non-hydrogen) atoms. The number of primary amides is 1. The lowest BCUT2D eigenvalue weighted by molar-refractivity contribution is 0.00698. The first-order valence-corrected chi connectivity index (χ1v) is 14.9. The summed E-state index contributed by atoms with van der Waals surface area (Å²) < 4.78 is 5.37. The molecule has 3 N–H and O–H groups in total. The van der Waals surface area contributed by atoms with Crippen molar-refractivity contribution < 1.29 is 19.4 Å². The van der Waals surface area contributed by atoms with Gasteiger partial charge in [-0.15, -0.1) is 0 Å². The van der Waals surface area contributed by atoms with Crippen LogP contribution in [0.25, 0.3) is 0 Å². The number of carbonyl (C=O) groups is 2. The van der Waals surface area contributed by atoms with E-state index < -0.39 is 24.1 Å². The fourth-order valence-electron chi connectivity index (χ4n) is 5.69. The Morgan fingerprint density at radius 3 is 1.98 bits per heavy atom. The second-order valence-electron chi connectivity index (χ2n) is 11.5. The van der Waals surface area contributed by atoms with E-state index in [4.69, 9.17) is 10.5 Å². The van der Waals surface area contributed by atoms with Gasteiger partial charge in [-0.05, 0) is 86.8 Å². The van der Waals surface area contributed by atoms with Crippen LogP contribution in [-0.4, -0.2) is 59.6 Å². The zero-order valence-electron chi connectivity index (χ0n) is 26.2. The molecule has 0 fully saturated rings. The number of amides is 2. The van der Waals surface area contributed by atoms with Crippen molar-refractivity contribution in [3.05, 3.63) is 137 Å². The molecule has 4 aromatic rings. The molecular formula is C37H43N3O4. The minimum Gasteiger partial charge on any atom is -0.497 e. The van der Waals surface area contributed by atoms with Gasteiger partial charge in [-0.2, -0.15) is 0 Å². The minimum absolute atomic E-state index is 0.0429. The zero-order chi connectivity index (χ0) is 31.8. The number of nitrogens with zero attached hydrogens (tertiary/aromatic N) is 2. The normalized spacial score (nSPS) is 14.0. The Hall–Kier alpha value is -4.46. The maximum absolute atomic E-state index is 14.6. The summed E-state index contributed by atoms with van der Waals surface area (Å²) in [5, 5.41) is 12.0. The maximum atomic E-state index is 14.6. The molecule has 0 unspecified atom stereocenters. The van der Waals surface area contributed by atoms with E-state index in [2.05, 4.69) is 24.0 Å². The summed E-state index contributed by atoms with van der Waals surface area (Å²) in [6.07, 6.45) is -0.479. The first-order chi connectivity index (χ1) is 21.1. The number of hydrogen-bond acceptors (Lipinski definition) is 5. The van der Waals surface area contributed by atoms with Crippen molar-refractivity contribution in [2.75, 3.05) is 20.7 Å². The van der Waals surface area contributed by atoms with Gasteiger partial charge in [-0.25, -0.2) is 0 Å². The van der Waals surface area contributed by atoms with Gasteiger partial charge in [0.05, 0.1) is 25.3 Å². The number of nitrogens with two attached hydrogens (primary N) is 1. The van der Waals surface area contributed by atoms with Gasteiger partial charge in [0, 0.05) is 23.7 Å². The van der Waals surface area contributed by atoms with Gasteiger partial charge in [0.1, 0.15) is 5.75 Å². The summed E-state index contributed by atoms with van der Waals surface area (Å²) in [6.45, 7) is 6.23. The first kappa shape index (κ1) is 32.5. The Bertz CT molecular complexity index is 1530. The second kappa shape index (κ2) is 14.8. The summed E-state index contributed by atoms with van der Waals surface area (Å²) in [5.74, 6) is -0.186. The Morgan fingerprint density at radius 2 is 1.39 bits per heavy atom. The van der Waals surface area contributed by atoms with Gasteiger partial charge in [0.2, 0.25) is 5.91 Å². The van der Waals surface area contributed by atoms with E-state index in [1.54, 1.807) is 30.2 Å². The number of benzene rings is 4. The molecule has 7 nitrogen and oxygen atoms in total. The number of rotatable bonds is 13. The number of ether oxygens (including phenoxy) is 1. The van der Waals surface area contributed by atoms with Crippen LogP contribution in [0.4, 0.5) is 0 Å². The standard InChI is InChI=1S/C37H43N3O4/c1-25-20-31(36(38)42)23-32(21-25)37(43)40(27(3)30-16-18-33(44-5)19-17-30)34(22-28-12-8-6-9-13-28)35(41)24-39(4)26(2)29-14-10-7-11-15-29/h6-21,23,26-27,34-35,41H,22,24H2,1-5H3,(H2,38,42)/t26-,27+,34-,35+/m0/s1. The van der Waals surface area contributed by atoms with Crippen LogP contribution < -0.4 is 10.5 Å². The highest BCUT2D eigenvalue weighted by atomic mass is 16.5. The van der Waals surface area contributed by atoms with E-state index in [9.17, 15) is 14.7 Å². The van der Waals surface area contributed by atoms with Crippen LogP contribution in [0.2, 0.25) is 0 Å². The second-order valence-corrected chi connectivity index (χ2v) is 11.5. The van der Waals surface area contributed by atoms with Crippen molar-refractivity contribution in [3.8, 4) is 5.75 Å². The zero-order valence-corrected chi connectivity index (χ0v) is 26.2. The molecule has 7 heteroatoms. The molecule has 0 bridgehead atoms. The number of aryl methyl sites for hydroxylation is 1. The lowest BCUT2D eigenvalue weighted by Gasteiger charge is -2.41. The fourth-order valence-corrected chi connectivity index (χ4v) is 5.69. The Labute approximate surface area is 260 Å². The average molecular weight is 594 g/mol. The quantitative estimate of drug-likeness (QED) is 0.199. The molecular weight excluding hydrogens is 550 g/mol. The van der Waals surface area contributed by atoms with Crippen LogP contribution in [-0.2, 0) is 6.42 Å². The molecule has 2 amide bonds. The van der Waals surface area contributed by atoms with E-state index in [1.165, 1.54) is 0 Å². The van der Waals surface area contributed by atoms with Crippen LogP contribution in [0.5, 0.6) is 5.75 Å². The molecule has 0 saturated carbocycles. The SMILES string of the molecule is COc1ccc([C@@H](C)N(C(=O)c2cc(C)cc(C(N)=O)c2)[C@@H](Cc2ccccc2)[C@H](O)CN(C)[C@@H](C)c2ccccc2)cc1. The predicted octanol–water partition coefficient (Wildman–Crippen LogP) is 5.97. The molecule has 0 aliphatic heterocycles. The van der Waals surface area contributed by atoms with Crippen molar-refractivity contribution in [1.82, 2.24) is 9.80 Å². The van der Waals surface area contributed by atoms with Gasteiger partial charge >= 0.3 is 0 Å². The maximum Gasteiger partial charge on any atom is 0.254 e. The molecule has 4 rings (SSSR count). The molecule has 0 aliphatic carbocycles. The Morgan fingerprint density at radius 1 is 0.818 bits per heavy atom. The minimum atomic E-state index is -0.906. The average Bonchev–Trinajstić information content (AvgIpc) is 3.04. The smallest absolute Gasteiger partial charge is 0.254 e. The third kappa shape index (κ3) is 7.92. The van der Waals surface area contributed by atoms with Crippen molar-refractivity contribution in [3.63, 3.8) is 0 Å². The van der Waals surface area contributed by atoms with Crippen molar-refractivity contribution >= 4 is 11.8 Å². The number of methoxy groups -OCH3 is 1. The van der Waals surface area contributed by atoms with Crippen molar-refractivity contribution in [2.24, 2.45) is 5.73 Å².